The van der Waals surface area contributed by atoms with Crippen LogP contribution in [0.25, 0.3) is 22.1 Å². The molecule has 0 aliphatic heterocycles. The Morgan fingerprint density at radius 2 is 1.31 bits per heavy atom. The predicted molar refractivity (Wildman–Crippen MR) is 127 cm³/mol. The van der Waals surface area contributed by atoms with Crippen molar-refractivity contribution in [1.29, 1.82) is 0 Å². The number of Topliss-reactive ketones (excluding diaryl/α,β-unsaturated/α-hetero) is 2. The number of carbonyl (C=O) groups excluding carboxylic acids is 2. The number of imidazole rings is 2. The lowest BCUT2D eigenvalue weighted by atomic mass is 9.90. The van der Waals surface area contributed by atoms with Crippen LogP contribution >= 0.6 is 0 Å². The second kappa shape index (κ2) is 8.03. The summed E-state index contributed by atoms with van der Waals surface area (Å²) < 4.78 is 66.6. The molecule has 4 aromatic rings. The van der Waals surface area contributed by atoms with Gasteiger partial charge < -0.3 is 9.97 Å². The van der Waals surface area contributed by atoms with Crippen molar-refractivity contribution in [3.05, 3.63) is 84.0 Å². The molecule has 184 valence electrons. The molecule has 14 heteroatoms. The number of para-hydroxylation sites is 4. The average molecular weight is 529 g/mol. The molecule has 1 atom stereocenters. The van der Waals surface area contributed by atoms with Crippen LogP contribution in [-0.2, 0) is 20.2 Å². The van der Waals surface area contributed by atoms with Gasteiger partial charge in [0, 0.05) is 5.57 Å². The molecule has 4 N–H and O–H groups in total. The average Bonchev–Trinajstić information content (AvgIpc) is 3.45. The fourth-order valence-electron chi connectivity index (χ4n) is 4.12. The first-order valence-corrected chi connectivity index (χ1v) is 13.1. The minimum absolute atomic E-state index is 0.256. The lowest BCUT2D eigenvalue weighted by Crippen LogP contribution is -2.54. The first-order valence-electron chi connectivity index (χ1n) is 10.3. The smallest absolute Gasteiger partial charge is 0.292 e. The standard InChI is InChI=1S/C22H16N4O8S2/c27-18(20-23-14-5-1-2-6-15(14)24-20)12-9-10-13(22(11-12,35(29,30)31)36(32,33)34)19(28)21-25-16-7-3-4-8-17(16)26-21/h1-11,13H,(H,23,24)(H,25,26)(H,29,30,31)(H,32,33,34). The Bertz CT molecular complexity index is 1750. The fraction of sp³-hybridized carbons (Fsp3) is 0.0909. The number of aromatic amines is 2. The Hall–Kier alpha value is -3.98. The number of aromatic nitrogens is 4. The monoisotopic (exact) mass is 528 g/mol. The maximum atomic E-state index is 13.3. The molecule has 12 nitrogen and oxygen atoms in total. The van der Waals surface area contributed by atoms with Crippen LogP contribution in [-0.4, -0.2) is 61.5 Å². The van der Waals surface area contributed by atoms with Crippen LogP contribution in [0.1, 0.15) is 21.2 Å². The molecule has 0 radical (unpaired) electrons. The first-order chi connectivity index (χ1) is 16.9. The highest BCUT2D eigenvalue weighted by Gasteiger charge is 2.62. The first kappa shape index (κ1) is 23.7. The molecule has 2 heterocycles. The minimum atomic E-state index is -5.76. The van der Waals surface area contributed by atoms with Crippen LogP contribution in [0.4, 0.5) is 0 Å². The van der Waals surface area contributed by atoms with E-state index in [9.17, 15) is 35.5 Å². The van der Waals surface area contributed by atoms with Crippen LogP contribution in [0.5, 0.6) is 0 Å². The molecule has 0 saturated heterocycles. The molecular weight excluding hydrogens is 512 g/mol. The van der Waals surface area contributed by atoms with E-state index in [2.05, 4.69) is 19.9 Å². The number of carbonyl (C=O) groups is 2. The van der Waals surface area contributed by atoms with E-state index in [-0.39, 0.29) is 5.82 Å². The van der Waals surface area contributed by atoms with Crippen molar-refractivity contribution in [3.8, 4) is 0 Å². The molecule has 36 heavy (non-hydrogen) atoms. The summed E-state index contributed by atoms with van der Waals surface area (Å²) in [6, 6.07) is 13.0. The third kappa shape index (κ3) is 3.58. The lowest BCUT2D eigenvalue weighted by Gasteiger charge is -2.32. The number of hydrogen-bond acceptors (Lipinski definition) is 8. The number of benzene rings is 2. The molecule has 2 aromatic heterocycles. The Kier molecular flexibility index (Phi) is 5.29. The summed E-state index contributed by atoms with van der Waals surface area (Å²) in [6.45, 7) is 0. The van der Waals surface area contributed by atoms with Crippen molar-refractivity contribution in [1.82, 2.24) is 19.9 Å². The zero-order chi connectivity index (χ0) is 25.9. The zero-order valence-electron chi connectivity index (χ0n) is 18.0. The number of rotatable bonds is 6. The van der Waals surface area contributed by atoms with E-state index in [1.165, 1.54) is 0 Å². The molecule has 1 aliphatic carbocycles. The van der Waals surface area contributed by atoms with E-state index in [4.69, 9.17) is 0 Å². The fourth-order valence-corrected chi connectivity index (χ4v) is 6.75. The number of nitrogens with zero attached hydrogens (tertiary/aromatic N) is 2. The highest BCUT2D eigenvalue weighted by atomic mass is 32.3. The van der Waals surface area contributed by atoms with E-state index < -0.39 is 53.2 Å². The third-order valence-electron chi connectivity index (χ3n) is 5.84. The summed E-state index contributed by atoms with van der Waals surface area (Å²) in [4.78, 5) is 40.0. The predicted octanol–water partition coefficient (Wildman–Crippen LogP) is 2.09. The molecule has 0 bridgehead atoms. The normalized spacial score (nSPS) is 17.8. The van der Waals surface area contributed by atoms with Gasteiger partial charge in [-0.25, -0.2) is 9.97 Å². The van der Waals surface area contributed by atoms with Gasteiger partial charge in [-0.1, -0.05) is 36.4 Å². The summed E-state index contributed by atoms with van der Waals surface area (Å²) >= 11 is 0. The Labute approximate surface area is 203 Å². The summed E-state index contributed by atoms with van der Waals surface area (Å²) in [5.41, 5.74) is 1.09. The van der Waals surface area contributed by atoms with Gasteiger partial charge in [0.25, 0.3) is 24.3 Å². The van der Waals surface area contributed by atoms with Crippen LogP contribution in [0.2, 0.25) is 0 Å². The summed E-state index contributed by atoms with van der Waals surface area (Å²) in [7, 11) is -11.5. The van der Waals surface area contributed by atoms with E-state index in [0.29, 0.717) is 28.1 Å². The molecule has 0 fully saturated rings. The lowest BCUT2D eigenvalue weighted by molar-refractivity contribution is 0.0924. The molecule has 5 rings (SSSR count). The van der Waals surface area contributed by atoms with Crippen molar-refractivity contribution in [2.45, 2.75) is 4.08 Å². The number of allylic oxidation sites excluding steroid dienone is 3. The number of hydrogen-bond donors (Lipinski definition) is 4. The van der Waals surface area contributed by atoms with Gasteiger partial charge in [0.05, 0.1) is 28.0 Å². The van der Waals surface area contributed by atoms with Crippen LogP contribution < -0.4 is 0 Å². The van der Waals surface area contributed by atoms with Crippen molar-refractivity contribution in [2.75, 3.05) is 0 Å². The van der Waals surface area contributed by atoms with Gasteiger partial charge >= 0.3 is 0 Å². The van der Waals surface area contributed by atoms with Gasteiger partial charge in [-0.05, 0) is 30.3 Å². The van der Waals surface area contributed by atoms with Crippen molar-refractivity contribution >= 4 is 53.9 Å². The summed E-state index contributed by atoms with van der Waals surface area (Å²) in [6.07, 6.45) is 2.18. The van der Waals surface area contributed by atoms with Crippen molar-refractivity contribution in [3.63, 3.8) is 0 Å². The maximum Gasteiger partial charge on any atom is 0.292 e. The number of ketones is 2. The maximum absolute atomic E-state index is 13.3. The molecule has 1 aliphatic rings. The number of fused-ring (bicyclic) bond motifs is 2. The number of nitrogens with one attached hydrogen (secondary N) is 2. The van der Waals surface area contributed by atoms with Gasteiger partial charge in [-0.2, -0.15) is 16.8 Å². The third-order valence-corrected chi connectivity index (χ3v) is 9.46. The van der Waals surface area contributed by atoms with Gasteiger partial charge in [0.15, 0.2) is 11.6 Å². The van der Waals surface area contributed by atoms with Gasteiger partial charge in [0.1, 0.15) is 0 Å². The van der Waals surface area contributed by atoms with Crippen molar-refractivity contribution < 1.29 is 35.5 Å². The van der Waals surface area contributed by atoms with Crippen LogP contribution in [0.15, 0.2) is 72.3 Å². The molecule has 0 spiro atoms. The second-order valence-electron chi connectivity index (χ2n) is 8.01. The second-order valence-corrected chi connectivity index (χ2v) is 11.5. The SMILES string of the molecule is O=C(C1=CC(S(=O)(=O)O)(S(=O)(=O)O)C(C(=O)c2nc3ccccc3[nH]2)C=C1)c1nc2ccccc2[nH]1. The number of H-pyrrole nitrogens is 2. The zero-order valence-corrected chi connectivity index (χ0v) is 19.6. The largest absolute Gasteiger partial charge is 0.335 e. The molecule has 2 aromatic carbocycles. The highest BCUT2D eigenvalue weighted by molar-refractivity contribution is 8.05. The Balaban J connectivity index is 1.66. The molecule has 0 amide bonds. The minimum Gasteiger partial charge on any atom is -0.335 e. The van der Waals surface area contributed by atoms with Crippen molar-refractivity contribution in [2.24, 2.45) is 5.92 Å². The van der Waals surface area contributed by atoms with Gasteiger partial charge in [-0.3, -0.25) is 18.7 Å². The van der Waals surface area contributed by atoms with E-state index in [1.807, 2.05) is 0 Å². The highest BCUT2D eigenvalue weighted by Crippen LogP contribution is 2.41. The Morgan fingerprint density at radius 3 is 1.83 bits per heavy atom. The van der Waals surface area contributed by atoms with Crippen LogP contribution in [0.3, 0.4) is 0 Å². The topological polar surface area (TPSA) is 200 Å². The quantitative estimate of drug-likeness (QED) is 0.212. The molecule has 0 saturated carbocycles. The van der Waals surface area contributed by atoms with Crippen LogP contribution in [0, 0.1) is 5.92 Å². The Morgan fingerprint density at radius 1 is 0.806 bits per heavy atom. The van der Waals surface area contributed by atoms with E-state index in [1.54, 1.807) is 48.5 Å². The summed E-state index contributed by atoms with van der Waals surface area (Å²) in [5.74, 6) is -4.95. The van der Waals surface area contributed by atoms with E-state index >= 15 is 0 Å². The van der Waals surface area contributed by atoms with Gasteiger partial charge in [0.2, 0.25) is 11.6 Å². The molecular formula is C22H16N4O8S2. The van der Waals surface area contributed by atoms with E-state index in [0.717, 1.165) is 12.2 Å². The van der Waals surface area contributed by atoms with Gasteiger partial charge in [-0.15, -0.1) is 0 Å². The molecule has 1 unspecified atom stereocenters. The summed E-state index contributed by atoms with van der Waals surface area (Å²) in [5, 5.41) is 0.